The van der Waals surface area contributed by atoms with Crippen molar-refractivity contribution in [2.24, 2.45) is 0 Å². The third-order valence-corrected chi connectivity index (χ3v) is 4.14. The Balaban J connectivity index is 2.00. The second kappa shape index (κ2) is 4.64. The number of nitrogens with one attached hydrogen (secondary N) is 2. The predicted molar refractivity (Wildman–Crippen MR) is 73.7 cm³/mol. The molecule has 0 fully saturated rings. The molecule has 20 heavy (non-hydrogen) atoms. The number of ether oxygens (including phenoxy) is 1. The van der Waals surface area contributed by atoms with Crippen molar-refractivity contribution in [1.29, 1.82) is 0 Å². The molecule has 1 amide bonds. The van der Waals surface area contributed by atoms with Crippen molar-refractivity contribution in [3.05, 3.63) is 29.3 Å². The quantitative estimate of drug-likeness (QED) is 0.662. The summed E-state index contributed by atoms with van der Waals surface area (Å²) in [5, 5.41) is 19.5. The van der Waals surface area contributed by atoms with Gasteiger partial charge in [-0.25, -0.2) is 0 Å². The summed E-state index contributed by atoms with van der Waals surface area (Å²) in [5.74, 6) is 0.264. The number of anilines is 1. The van der Waals surface area contributed by atoms with Gasteiger partial charge in [0.15, 0.2) is 11.5 Å². The van der Waals surface area contributed by atoms with Gasteiger partial charge < -0.3 is 20.9 Å². The molecule has 1 atom stereocenters. The fraction of sp³-hybridized carbons (Fsp3) is 0.167. The second-order valence-electron chi connectivity index (χ2n) is 4.19. The number of carbonyl (C=O) groups is 1. The molecule has 2 heterocycles. The van der Waals surface area contributed by atoms with E-state index in [1.165, 1.54) is 18.9 Å². The number of aromatic nitrogens is 2. The molecule has 1 aliphatic heterocycles. The van der Waals surface area contributed by atoms with Gasteiger partial charge in [-0.3, -0.25) is 9.89 Å². The third-order valence-electron chi connectivity index (χ3n) is 3.01. The lowest BCUT2D eigenvalue weighted by Crippen LogP contribution is -2.31. The number of aromatic amines is 1. The first-order valence-electron chi connectivity index (χ1n) is 5.79. The molecule has 5 N–H and O–H groups in total. The Bertz CT molecular complexity index is 685. The van der Waals surface area contributed by atoms with Gasteiger partial charge >= 0.3 is 0 Å². The fourth-order valence-electron chi connectivity index (χ4n) is 2.03. The summed E-state index contributed by atoms with van der Waals surface area (Å²) in [4.78, 5) is 12.0. The first-order chi connectivity index (χ1) is 9.61. The number of aromatic hydroxyl groups is 1. The van der Waals surface area contributed by atoms with Crippen LogP contribution in [0.4, 0.5) is 5.82 Å². The number of rotatable bonds is 2. The lowest BCUT2D eigenvalue weighted by molar-refractivity contribution is 0.0944. The zero-order chi connectivity index (χ0) is 14.3. The van der Waals surface area contributed by atoms with Crippen LogP contribution in [0, 0.1) is 0 Å². The maximum absolute atomic E-state index is 12.0. The largest absolute Gasteiger partial charge is 0.504 e. The number of methoxy groups -OCH3 is 1. The highest BCUT2D eigenvalue weighted by Gasteiger charge is 2.32. The number of para-hydroxylation sites is 1. The number of nitrogens with two attached hydrogens (primary N) is 1. The minimum Gasteiger partial charge on any atom is -0.504 e. The summed E-state index contributed by atoms with van der Waals surface area (Å²) < 4.78 is 5.06. The molecule has 0 saturated heterocycles. The van der Waals surface area contributed by atoms with E-state index in [9.17, 15) is 9.90 Å². The average molecular weight is 292 g/mol. The van der Waals surface area contributed by atoms with E-state index in [0.717, 1.165) is 0 Å². The van der Waals surface area contributed by atoms with Crippen LogP contribution in [0.2, 0.25) is 0 Å². The van der Waals surface area contributed by atoms with Crippen LogP contribution in [0.25, 0.3) is 0 Å². The van der Waals surface area contributed by atoms with Gasteiger partial charge in [-0.05, 0) is 6.07 Å². The first-order valence-corrected chi connectivity index (χ1v) is 6.67. The molecular formula is C12H12N4O3S. The maximum Gasteiger partial charge on any atom is 0.258 e. The molecular weight excluding hydrogens is 280 g/mol. The highest BCUT2D eigenvalue weighted by molar-refractivity contribution is 7.99. The van der Waals surface area contributed by atoms with Crippen molar-refractivity contribution in [3.8, 4) is 11.5 Å². The number of hydrogen-bond donors (Lipinski definition) is 4. The number of phenolic OH excluding ortho intramolecular Hbond substituents is 1. The summed E-state index contributed by atoms with van der Waals surface area (Å²) >= 11 is 1.30. The van der Waals surface area contributed by atoms with Gasteiger partial charge in [0.25, 0.3) is 5.91 Å². The molecule has 0 aliphatic carbocycles. The van der Waals surface area contributed by atoms with E-state index >= 15 is 0 Å². The molecule has 0 unspecified atom stereocenters. The van der Waals surface area contributed by atoms with E-state index in [2.05, 4.69) is 15.5 Å². The number of amides is 1. The van der Waals surface area contributed by atoms with E-state index in [4.69, 9.17) is 10.5 Å². The van der Waals surface area contributed by atoms with Crippen LogP contribution in [-0.4, -0.2) is 28.3 Å². The Morgan fingerprint density at radius 3 is 3.05 bits per heavy atom. The van der Waals surface area contributed by atoms with Gasteiger partial charge in [-0.2, -0.15) is 5.10 Å². The van der Waals surface area contributed by atoms with Crippen LogP contribution in [0.15, 0.2) is 23.2 Å². The first kappa shape index (κ1) is 12.7. The van der Waals surface area contributed by atoms with Gasteiger partial charge in [0.2, 0.25) is 0 Å². The molecule has 2 aromatic rings. The zero-order valence-corrected chi connectivity index (χ0v) is 11.3. The topological polar surface area (TPSA) is 113 Å². The molecule has 0 spiro atoms. The Morgan fingerprint density at radius 2 is 2.30 bits per heavy atom. The van der Waals surface area contributed by atoms with Gasteiger partial charge in [-0.1, -0.05) is 23.9 Å². The van der Waals surface area contributed by atoms with Gasteiger partial charge in [0, 0.05) is 5.56 Å². The third kappa shape index (κ3) is 1.85. The molecule has 7 nitrogen and oxygen atoms in total. The zero-order valence-electron chi connectivity index (χ0n) is 10.5. The van der Waals surface area contributed by atoms with Crippen molar-refractivity contribution in [1.82, 2.24) is 15.5 Å². The summed E-state index contributed by atoms with van der Waals surface area (Å²) in [5.41, 5.74) is 6.54. The minimum absolute atomic E-state index is 0.000224. The van der Waals surface area contributed by atoms with Crippen molar-refractivity contribution < 1.29 is 14.6 Å². The van der Waals surface area contributed by atoms with Crippen LogP contribution in [0.5, 0.6) is 11.5 Å². The number of hydrogen-bond acceptors (Lipinski definition) is 6. The molecule has 3 rings (SSSR count). The van der Waals surface area contributed by atoms with E-state index in [-0.39, 0.29) is 17.5 Å². The normalized spacial score (nSPS) is 17.4. The number of carbonyl (C=O) groups excluding carboxylic acids is 1. The number of fused-ring (bicyclic) bond motifs is 1. The Morgan fingerprint density at radius 1 is 1.50 bits per heavy atom. The molecule has 1 aromatic carbocycles. The van der Waals surface area contributed by atoms with Crippen LogP contribution < -0.4 is 15.8 Å². The van der Waals surface area contributed by atoms with Crippen molar-refractivity contribution in [2.45, 2.75) is 10.4 Å². The minimum atomic E-state index is -0.451. The summed E-state index contributed by atoms with van der Waals surface area (Å²) in [7, 11) is 1.47. The molecule has 0 bridgehead atoms. The Labute approximate surface area is 118 Å². The van der Waals surface area contributed by atoms with Crippen molar-refractivity contribution in [3.63, 3.8) is 0 Å². The van der Waals surface area contributed by atoms with Crippen LogP contribution in [-0.2, 0) is 0 Å². The monoisotopic (exact) mass is 292 g/mol. The highest BCUT2D eigenvalue weighted by atomic mass is 32.2. The SMILES string of the molecule is COc1cccc([C@H]2NC(=O)c3c(n[nH]c3N)S2)c1O. The van der Waals surface area contributed by atoms with E-state index in [1.807, 2.05) is 0 Å². The van der Waals surface area contributed by atoms with Gasteiger partial charge in [-0.15, -0.1) is 0 Å². The summed E-state index contributed by atoms with van der Waals surface area (Å²) in [6, 6.07) is 5.11. The number of thioether (sulfide) groups is 1. The predicted octanol–water partition coefficient (Wildman–Crippen LogP) is 1.24. The van der Waals surface area contributed by atoms with Gasteiger partial charge in [0.1, 0.15) is 21.8 Å². The fourth-order valence-corrected chi connectivity index (χ4v) is 3.16. The summed E-state index contributed by atoms with van der Waals surface area (Å²) in [6.45, 7) is 0. The highest BCUT2D eigenvalue weighted by Crippen LogP contribution is 2.44. The number of benzene rings is 1. The lowest BCUT2D eigenvalue weighted by Gasteiger charge is -2.23. The molecule has 104 valence electrons. The Hall–Kier alpha value is -2.35. The number of nitrogen functional groups attached to an aromatic ring is 1. The van der Waals surface area contributed by atoms with E-state index in [0.29, 0.717) is 21.9 Å². The second-order valence-corrected chi connectivity index (χ2v) is 5.28. The summed E-state index contributed by atoms with van der Waals surface area (Å²) in [6.07, 6.45) is 0. The average Bonchev–Trinajstić information content (AvgIpc) is 2.81. The molecule has 0 saturated carbocycles. The van der Waals surface area contributed by atoms with Crippen molar-refractivity contribution >= 4 is 23.5 Å². The van der Waals surface area contributed by atoms with E-state index < -0.39 is 5.37 Å². The smallest absolute Gasteiger partial charge is 0.258 e. The van der Waals surface area contributed by atoms with Crippen LogP contribution in [0.1, 0.15) is 21.3 Å². The number of nitrogens with zero attached hydrogens (tertiary/aromatic N) is 1. The lowest BCUT2D eigenvalue weighted by atomic mass is 10.1. The molecule has 8 heteroatoms. The maximum atomic E-state index is 12.0. The van der Waals surface area contributed by atoms with E-state index in [1.54, 1.807) is 18.2 Å². The van der Waals surface area contributed by atoms with Crippen LogP contribution >= 0.6 is 11.8 Å². The standard InChI is InChI=1S/C12H12N4O3S/c1-19-6-4-2-3-5(8(6)17)11-14-10(18)7-9(13)15-16-12(7)20-11/h2-4,11,17H,1H3,(H,14,18)(H3,13,15,16)/t11-/m0/s1. The molecule has 1 aliphatic rings. The van der Waals surface area contributed by atoms with Gasteiger partial charge in [0.05, 0.1) is 7.11 Å². The molecule has 1 aromatic heterocycles. The number of H-pyrrole nitrogens is 1. The van der Waals surface area contributed by atoms with Crippen molar-refractivity contribution in [2.75, 3.05) is 12.8 Å². The Kier molecular flexibility index (Phi) is 2.94. The molecule has 0 radical (unpaired) electrons. The van der Waals surface area contributed by atoms with Crippen LogP contribution in [0.3, 0.4) is 0 Å². The number of phenols is 1.